The number of carbonyl (C=O) groups is 1. The number of allylic oxidation sites excluding steroid dienone is 4. The number of carbonyl (C=O) groups excluding carboxylic acids is 1. The average Bonchev–Trinajstić information content (AvgIpc) is 3.40. The summed E-state index contributed by atoms with van der Waals surface area (Å²) in [4.78, 5) is 15.0. The fraction of sp³-hybridized carbons (Fsp3) is 0.444. The van der Waals surface area contributed by atoms with E-state index in [9.17, 15) is 23.1 Å². The molecule has 3 aliphatic rings. The predicted molar refractivity (Wildman–Crippen MR) is 128 cm³/mol. The third kappa shape index (κ3) is 7.01. The zero-order chi connectivity index (χ0) is 25.5. The van der Waals surface area contributed by atoms with Crippen LogP contribution in [0.5, 0.6) is 0 Å². The van der Waals surface area contributed by atoms with Gasteiger partial charge in [0.25, 0.3) is 0 Å². The molecule has 6 nitrogen and oxygen atoms in total. The van der Waals surface area contributed by atoms with Crippen LogP contribution >= 0.6 is 0 Å². The number of nitrogens with one attached hydrogen (secondary N) is 1. The van der Waals surface area contributed by atoms with Crippen molar-refractivity contribution < 1.29 is 32.5 Å². The van der Waals surface area contributed by atoms with Crippen LogP contribution < -0.4 is 5.32 Å². The summed E-state index contributed by atoms with van der Waals surface area (Å²) in [6, 6.07) is 4.16. The molecule has 1 aromatic rings. The molecule has 4 rings (SSSR count). The van der Waals surface area contributed by atoms with Crippen LogP contribution in [-0.2, 0) is 26.9 Å². The number of likely N-dealkylation sites (tertiary alicyclic amines) is 1. The Hall–Kier alpha value is -3.04. The smallest absolute Gasteiger partial charge is 0.416 e. The molecule has 0 spiro atoms. The Morgan fingerprint density at radius 3 is 2.56 bits per heavy atom. The highest BCUT2D eigenvalue weighted by molar-refractivity contribution is 5.76. The third-order valence-corrected chi connectivity index (χ3v) is 6.51. The van der Waals surface area contributed by atoms with Crippen molar-refractivity contribution in [2.75, 3.05) is 19.6 Å². The Labute approximate surface area is 208 Å². The number of ether oxygens (including phenoxy) is 2. The van der Waals surface area contributed by atoms with E-state index in [1.165, 1.54) is 24.7 Å². The summed E-state index contributed by atoms with van der Waals surface area (Å²) in [6.45, 7) is 2.20. The van der Waals surface area contributed by atoms with Gasteiger partial charge in [0.15, 0.2) is 11.5 Å². The van der Waals surface area contributed by atoms with E-state index in [2.05, 4.69) is 16.3 Å². The van der Waals surface area contributed by atoms with Crippen LogP contribution in [-0.4, -0.2) is 47.7 Å². The maximum Gasteiger partial charge on any atom is 0.416 e. The van der Waals surface area contributed by atoms with Crippen LogP contribution in [0.1, 0.15) is 43.2 Å². The minimum Gasteiger partial charge on any atom is -0.465 e. The largest absolute Gasteiger partial charge is 0.465 e. The molecule has 1 saturated heterocycles. The summed E-state index contributed by atoms with van der Waals surface area (Å²) in [5.41, 5.74) is 0.874. The molecule has 9 heteroatoms. The van der Waals surface area contributed by atoms with Crippen LogP contribution in [0.2, 0.25) is 0 Å². The maximum atomic E-state index is 12.8. The highest BCUT2D eigenvalue weighted by Crippen LogP contribution is 2.30. The zero-order valence-electron chi connectivity index (χ0n) is 20.0. The molecule has 1 aliphatic carbocycles. The monoisotopic (exact) mass is 504 g/mol. The fourth-order valence-electron chi connectivity index (χ4n) is 4.48. The molecule has 0 aromatic heterocycles. The topological polar surface area (TPSA) is 71.0 Å². The van der Waals surface area contributed by atoms with Crippen molar-refractivity contribution in [1.29, 1.82) is 0 Å². The molecule has 0 radical (unpaired) electrons. The number of aliphatic hydroxyl groups excluding tert-OH is 1. The van der Waals surface area contributed by atoms with E-state index >= 15 is 0 Å². The minimum absolute atomic E-state index is 0.0787. The highest BCUT2D eigenvalue weighted by atomic mass is 19.4. The SMILES string of the molecule is O=C(CCc1ccc(C(F)(F)F)cc1)N[C@H](CN1CCCC1)[C@@H](O)C1=COC=C(C2=CC=CCC2)O1. The second kappa shape index (κ2) is 11.8. The zero-order valence-corrected chi connectivity index (χ0v) is 20.0. The lowest BCUT2D eigenvalue weighted by atomic mass is 10.0. The average molecular weight is 505 g/mol. The van der Waals surface area contributed by atoms with E-state index in [1.54, 1.807) is 0 Å². The number of alkyl halides is 3. The quantitative estimate of drug-likeness (QED) is 0.515. The molecule has 0 unspecified atom stereocenters. The van der Waals surface area contributed by atoms with Crippen LogP contribution in [0.15, 0.2) is 72.1 Å². The van der Waals surface area contributed by atoms with Crippen molar-refractivity contribution in [3.63, 3.8) is 0 Å². The lowest BCUT2D eigenvalue weighted by Gasteiger charge is -2.30. The molecule has 0 saturated carbocycles. The van der Waals surface area contributed by atoms with Gasteiger partial charge in [-0.25, -0.2) is 0 Å². The van der Waals surface area contributed by atoms with Gasteiger partial charge in [-0.2, -0.15) is 13.2 Å². The van der Waals surface area contributed by atoms with Gasteiger partial charge in [-0.1, -0.05) is 30.4 Å². The summed E-state index contributed by atoms with van der Waals surface area (Å²) in [7, 11) is 0. The molecule has 2 atom stereocenters. The Balaban J connectivity index is 1.37. The van der Waals surface area contributed by atoms with Crippen molar-refractivity contribution >= 4 is 5.91 Å². The first-order valence-corrected chi connectivity index (χ1v) is 12.2. The van der Waals surface area contributed by atoms with Crippen molar-refractivity contribution in [2.24, 2.45) is 0 Å². The number of rotatable bonds is 9. The second-order valence-corrected chi connectivity index (χ2v) is 9.22. The van der Waals surface area contributed by atoms with Crippen molar-refractivity contribution in [2.45, 2.75) is 56.8 Å². The number of hydrogen-bond acceptors (Lipinski definition) is 5. The van der Waals surface area contributed by atoms with Gasteiger partial charge in [-0.15, -0.1) is 0 Å². The second-order valence-electron chi connectivity index (χ2n) is 9.22. The molecule has 1 fully saturated rings. The maximum absolute atomic E-state index is 12.8. The molecular formula is C27H31F3N2O4. The van der Waals surface area contributed by atoms with Gasteiger partial charge in [0, 0.05) is 13.0 Å². The minimum atomic E-state index is -4.40. The summed E-state index contributed by atoms with van der Waals surface area (Å²) in [5, 5.41) is 14.1. The number of benzene rings is 1. The van der Waals surface area contributed by atoms with Crippen molar-refractivity contribution in [3.05, 3.63) is 83.2 Å². The van der Waals surface area contributed by atoms with Gasteiger partial charge < -0.3 is 24.8 Å². The number of amides is 1. The van der Waals surface area contributed by atoms with E-state index in [0.717, 1.165) is 56.5 Å². The number of hydrogen-bond donors (Lipinski definition) is 2. The molecule has 2 heterocycles. The predicted octanol–water partition coefficient (Wildman–Crippen LogP) is 4.59. The Morgan fingerprint density at radius 2 is 1.89 bits per heavy atom. The van der Waals surface area contributed by atoms with Crippen LogP contribution in [0.4, 0.5) is 13.2 Å². The first-order valence-electron chi connectivity index (χ1n) is 12.2. The number of halogens is 3. The van der Waals surface area contributed by atoms with Gasteiger partial charge in [-0.05, 0) is 68.5 Å². The summed E-state index contributed by atoms with van der Waals surface area (Å²) in [6.07, 6.45) is 7.43. The molecule has 1 amide bonds. The number of aliphatic hydroxyl groups is 1. The highest BCUT2D eigenvalue weighted by Gasteiger charge is 2.32. The van der Waals surface area contributed by atoms with Crippen LogP contribution in [0.25, 0.3) is 0 Å². The van der Waals surface area contributed by atoms with Gasteiger partial charge >= 0.3 is 6.18 Å². The fourth-order valence-corrected chi connectivity index (χ4v) is 4.48. The molecular weight excluding hydrogens is 473 g/mol. The van der Waals surface area contributed by atoms with E-state index in [0.29, 0.717) is 17.9 Å². The molecule has 0 bridgehead atoms. The summed E-state index contributed by atoms with van der Waals surface area (Å²) >= 11 is 0. The Bertz CT molecular complexity index is 1040. The van der Waals surface area contributed by atoms with Gasteiger partial charge in [0.1, 0.15) is 18.6 Å². The van der Waals surface area contributed by atoms with Crippen molar-refractivity contribution in [1.82, 2.24) is 10.2 Å². The molecule has 1 aromatic carbocycles. The number of aryl methyl sites for hydroxylation is 1. The summed E-state index contributed by atoms with van der Waals surface area (Å²) < 4.78 is 49.8. The van der Waals surface area contributed by atoms with Gasteiger partial charge in [0.2, 0.25) is 5.91 Å². The van der Waals surface area contributed by atoms with Crippen LogP contribution in [0, 0.1) is 0 Å². The first kappa shape index (κ1) is 26.0. The van der Waals surface area contributed by atoms with Crippen LogP contribution in [0.3, 0.4) is 0 Å². The van der Waals surface area contributed by atoms with Gasteiger partial charge in [0.05, 0.1) is 11.6 Å². The van der Waals surface area contributed by atoms with E-state index in [-0.39, 0.29) is 24.5 Å². The Morgan fingerprint density at radius 1 is 1.14 bits per heavy atom. The molecule has 194 valence electrons. The number of nitrogens with zero attached hydrogens (tertiary/aromatic N) is 1. The first-order chi connectivity index (χ1) is 17.3. The normalized spacial score (nSPS) is 19.9. The van der Waals surface area contributed by atoms with E-state index in [4.69, 9.17) is 9.47 Å². The lowest BCUT2D eigenvalue weighted by Crippen LogP contribution is -2.51. The van der Waals surface area contributed by atoms with Crippen molar-refractivity contribution in [3.8, 4) is 0 Å². The Kier molecular flexibility index (Phi) is 8.53. The lowest BCUT2D eigenvalue weighted by molar-refractivity contribution is -0.137. The third-order valence-electron chi connectivity index (χ3n) is 6.51. The molecule has 36 heavy (non-hydrogen) atoms. The van der Waals surface area contributed by atoms with E-state index in [1.807, 2.05) is 12.2 Å². The molecule has 2 N–H and O–H groups in total. The van der Waals surface area contributed by atoms with E-state index < -0.39 is 23.9 Å². The summed E-state index contributed by atoms with van der Waals surface area (Å²) in [5.74, 6) is 0.450. The molecule has 2 aliphatic heterocycles. The van der Waals surface area contributed by atoms with Gasteiger partial charge in [-0.3, -0.25) is 4.79 Å². The standard InChI is InChI=1S/C27H31F3N2O4/c28-27(29,30)21-11-8-19(9-12-21)10-13-25(33)31-22(16-32-14-4-5-15-32)26(34)24-18-35-17-23(36-24)20-6-2-1-3-7-20/h1-2,6,8-9,11-12,17-18,22,26,34H,3-5,7,10,13-16H2,(H,31,33)/t22-,26-/m1/s1.